The Morgan fingerprint density at radius 1 is 1.00 bits per heavy atom. The van der Waals surface area contributed by atoms with Crippen LogP contribution >= 0.6 is 0 Å². The number of benzene rings is 2. The van der Waals surface area contributed by atoms with E-state index in [-0.39, 0.29) is 24.0 Å². The third kappa shape index (κ3) is 3.41. The Morgan fingerprint density at radius 3 is 2.45 bits per heavy atom. The first-order chi connectivity index (χ1) is 14.2. The van der Waals surface area contributed by atoms with E-state index < -0.39 is 0 Å². The van der Waals surface area contributed by atoms with E-state index in [1.165, 1.54) is 37.3 Å². The SMILES string of the molecule is OC[C@@H]1[C@@H](c2ccccc2)C2(CN(Cc3cccc(F)c3)C2)N1CC1CCCC1. The van der Waals surface area contributed by atoms with E-state index in [2.05, 4.69) is 40.1 Å². The molecule has 5 rings (SSSR count). The van der Waals surface area contributed by atoms with Gasteiger partial charge in [0.25, 0.3) is 0 Å². The first-order valence-electron chi connectivity index (χ1n) is 11.1. The summed E-state index contributed by atoms with van der Waals surface area (Å²) >= 11 is 0. The number of likely N-dealkylation sites (tertiary alicyclic amines) is 2. The molecule has 0 amide bonds. The molecule has 1 aliphatic carbocycles. The van der Waals surface area contributed by atoms with Crippen molar-refractivity contribution in [3.63, 3.8) is 0 Å². The topological polar surface area (TPSA) is 26.7 Å². The summed E-state index contributed by atoms with van der Waals surface area (Å²) in [6, 6.07) is 17.9. The van der Waals surface area contributed by atoms with Crippen LogP contribution < -0.4 is 0 Å². The predicted molar refractivity (Wildman–Crippen MR) is 113 cm³/mol. The van der Waals surface area contributed by atoms with E-state index in [0.717, 1.165) is 37.7 Å². The molecular weight excluding hydrogens is 363 g/mol. The first kappa shape index (κ1) is 19.2. The van der Waals surface area contributed by atoms with Crippen LogP contribution in [-0.4, -0.2) is 52.7 Å². The highest BCUT2D eigenvalue weighted by molar-refractivity contribution is 5.36. The summed E-state index contributed by atoms with van der Waals surface area (Å²) in [6.45, 7) is 4.11. The van der Waals surface area contributed by atoms with Gasteiger partial charge < -0.3 is 5.11 Å². The quantitative estimate of drug-likeness (QED) is 0.801. The number of aliphatic hydroxyl groups excluding tert-OH is 1. The number of halogens is 1. The van der Waals surface area contributed by atoms with Crippen molar-refractivity contribution in [1.82, 2.24) is 9.80 Å². The fraction of sp³-hybridized carbons (Fsp3) is 0.520. The average Bonchev–Trinajstić information content (AvgIpc) is 3.21. The molecule has 0 unspecified atom stereocenters. The summed E-state index contributed by atoms with van der Waals surface area (Å²) < 4.78 is 13.6. The highest BCUT2D eigenvalue weighted by Crippen LogP contribution is 2.54. The van der Waals surface area contributed by atoms with Crippen molar-refractivity contribution in [3.05, 3.63) is 71.5 Å². The number of rotatable bonds is 6. The number of aliphatic hydroxyl groups is 1. The molecule has 0 radical (unpaired) electrons. The number of hydrogen-bond acceptors (Lipinski definition) is 3. The molecule has 29 heavy (non-hydrogen) atoms. The zero-order valence-corrected chi connectivity index (χ0v) is 17.0. The number of hydrogen-bond donors (Lipinski definition) is 1. The summed E-state index contributed by atoms with van der Waals surface area (Å²) in [5.74, 6) is 0.987. The Bertz CT molecular complexity index is 830. The van der Waals surface area contributed by atoms with Crippen molar-refractivity contribution in [3.8, 4) is 0 Å². The van der Waals surface area contributed by atoms with Gasteiger partial charge in [0, 0.05) is 38.1 Å². The van der Waals surface area contributed by atoms with Gasteiger partial charge in [-0.15, -0.1) is 0 Å². The van der Waals surface area contributed by atoms with Gasteiger partial charge in [0.2, 0.25) is 0 Å². The first-order valence-corrected chi connectivity index (χ1v) is 11.1. The third-order valence-electron chi connectivity index (χ3n) is 7.50. The Morgan fingerprint density at radius 2 is 1.76 bits per heavy atom. The van der Waals surface area contributed by atoms with Crippen molar-refractivity contribution >= 4 is 0 Å². The second kappa shape index (κ2) is 7.82. The lowest BCUT2D eigenvalue weighted by molar-refractivity contribution is -0.197. The Kier molecular flexibility index (Phi) is 5.19. The van der Waals surface area contributed by atoms with Crippen LogP contribution in [0.5, 0.6) is 0 Å². The van der Waals surface area contributed by atoms with E-state index in [0.29, 0.717) is 5.92 Å². The molecule has 0 aromatic heterocycles. The fourth-order valence-corrected chi connectivity index (χ4v) is 6.26. The molecular formula is C25H31FN2O. The van der Waals surface area contributed by atoms with Gasteiger partial charge >= 0.3 is 0 Å². The maximum absolute atomic E-state index is 13.6. The van der Waals surface area contributed by atoms with E-state index in [1.807, 2.05) is 6.07 Å². The van der Waals surface area contributed by atoms with Gasteiger partial charge in [0.15, 0.2) is 0 Å². The summed E-state index contributed by atoms with van der Waals surface area (Å²) in [6.07, 6.45) is 5.35. The average molecular weight is 395 g/mol. The molecule has 2 saturated heterocycles. The van der Waals surface area contributed by atoms with E-state index >= 15 is 0 Å². The lowest BCUT2D eigenvalue weighted by atomic mass is 9.60. The van der Waals surface area contributed by atoms with Crippen LogP contribution in [-0.2, 0) is 6.54 Å². The van der Waals surface area contributed by atoms with Crippen molar-refractivity contribution in [2.24, 2.45) is 5.92 Å². The van der Waals surface area contributed by atoms with Crippen LogP contribution in [0.15, 0.2) is 54.6 Å². The van der Waals surface area contributed by atoms with Crippen molar-refractivity contribution in [1.29, 1.82) is 0 Å². The molecule has 0 bridgehead atoms. The minimum atomic E-state index is -0.160. The molecule has 2 aromatic rings. The molecule has 2 atom stereocenters. The Hall–Kier alpha value is -1.75. The lowest BCUT2D eigenvalue weighted by Crippen LogP contribution is -2.84. The Balaban J connectivity index is 1.36. The van der Waals surface area contributed by atoms with Gasteiger partial charge in [0.1, 0.15) is 5.82 Å². The molecule has 2 heterocycles. The molecule has 3 fully saturated rings. The molecule has 4 heteroatoms. The fourth-order valence-electron chi connectivity index (χ4n) is 6.26. The van der Waals surface area contributed by atoms with Crippen LogP contribution in [0, 0.1) is 11.7 Å². The molecule has 2 aliphatic heterocycles. The van der Waals surface area contributed by atoms with Crippen LogP contribution in [0.1, 0.15) is 42.7 Å². The van der Waals surface area contributed by atoms with Crippen LogP contribution in [0.25, 0.3) is 0 Å². The summed E-state index contributed by atoms with van der Waals surface area (Å²) in [5, 5.41) is 10.2. The molecule has 1 N–H and O–H groups in total. The predicted octanol–water partition coefficient (Wildman–Crippen LogP) is 4.03. The molecule has 3 nitrogen and oxygen atoms in total. The van der Waals surface area contributed by atoms with E-state index in [9.17, 15) is 9.50 Å². The van der Waals surface area contributed by atoms with Gasteiger partial charge in [-0.25, -0.2) is 4.39 Å². The maximum atomic E-state index is 13.6. The van der Waals surface area contributed by atoms with Gasteiger partial charge in [0.05, 0.1) is 12.1 Å². The second-order valence-electron chi connectivity index (χ2n) is 9.32. The van der Waals surface area contributed by atoms with E-state index in [4.69, 9.17) is 0 Å². The molecule has 1 saturated carbocycles. The largest absolute Gasteiger partial charge is 0.395 e. The van der Waals surface area contributed by atoms with Crippen LogP contribution in [0.2, 0.25) is 0 Å². The summed E-state index contributed by atoms with van der Waals surface area (Å²) in [5.41, 5.74) is 2.50. The zero-order chi connectivity index (χ0) is 19.8. The van der Waals surface area contributed by atoms with E-state index in [1.54, 1.807) is 12.1 Å². The van der Waals surface area contributed by atoms with Gasteiger partial charge in [-0.05, 0) is 42.0 Å². The second-order valence-corrected chi connectivity index (χ2v) is 9.32. The van der Waals surface area contributed by atoms with Gasteiger partial charge in [-0.3, -0.25) is 9.80 Å². The highest BCUT2D eigenvalue weighted by Gasteiger charge is 2.65. The zero-order valence-electron chi connectivity index (χ0n) is 17.0. The van der Waals surface area contributed by atoms with Crippen molar-refractivity contribution in [2.45, 2.75) is 49.7 Å². The smallest absolute Gasteiger partial charge is 0.123 e. The standard InChI is InChI=1S/C25H31FN2O/c26-22-12-6-9-20(13-22)14-27-17-25(18-27)24(21-10-2-1-3-11-21)23(16-29)28(25)15-19-7-4-5-8-19/h1-3,6,9-13,19,23-24,29H,4-5,7-8,14-18H2/t23-,24-/m1/s1. The number of nitrogens with zero attached hydrogens (tertiary/aromatic N) is 2. The molecule has 154 valence electrons. The third-order valence-corrected chi connectivity index (χ3v) is 7.50. The molecule has 3 aliphatic rings. The highest BCUT2D eigenvalue weighted by atomic mass is 19.1. The molecule has 2 aromatic carbocycles. The van der Waals surface area contributed by atoms with Crippen LogP contribution in [0.3, 0.4) is 0 Å². The minimum Gasteiger partial charge on any atom is -0.395 e. The monoisotopic (exact) mass is 394 g/mol. The normalized spacial score (nSPS) is 27.1. The lowest BCUT2D eigenvalue weighted by Gasteiger charge is -2.71. The Labute approximate surface area is 173 Å². The van der Waals surface area contributed by atoms with Crippen LogP contribution in [0.4, 0.5) is 4.39 Å². The summed E-state index contributed by atoms with van der Waals surface area (Å²) in [7, 11) is 0. The maximum Gasteiger partial charge on any atom is 0.123 e. The van der Waals surface area contributed by atoms with Crippen molar-refractivity contribution < 1.29 is 9.50 Å². The minimum absolute atomic E-state index is 0.116. The van der Waals surface area contributed by atoms with Gasteiger partial charge in [-0.1, -0.05) is 55.3 Å². The van der Waals surface area contributed by atoms with Gasteiger partial charge in [-0.2, -0.15) is 0 Å². The van der Waals surface area contributed by atoms with Crippen molar-refractivity contribution in [2.75, 3.05) is 26.2 Å². The molecule has 1 spiro atoms. The summed E-state index contributed by atoms with van der Waals surface area (Å²) in [4.78, 5) is 5.06.